The maximum atomic E-state index is 12.8. The molecule has 1 N–H and O–H groups in total. The Bertz CT molecular complexity index is 769. The van der Waals surface area contributed by atoms with Gasteiger partial charge in [-0.2, -0.15) is 18.4 Å². The topological polar surface area (TPSA) is 60.2 Å². The Labute approximate surface area is 130 Å². The average molecular weight is 321 g/mol. The summed E-state index contributed by atoms with van der Waals surface area (Å²) in [5.41, 5.74) is 0.890. The van der Waals surface area contributed by atoms with Crippen LogP contribution in [0.15, 0.2) is 30.5 Å². The van der Waals surface area contributed by atoms with Gasteiger partial charge in [0.25, 0.3) is 0 Å². The molecular formula is C16H14F3N3O. The highest BCUT2D eigenvalue weighted by atomic mass is 19.4. The monoisotopic (exact) mass is 321 g/mol. The molecule has 0 saturated carbocycles. The van der Waals surface area contributed by atoms with Gasteiger partial charge in [-0.05, 0) is 42.5 Å². The van der Waals surface area contributed by atoms with Gasteiger partial charge in [0.2, 0.25) is 0 Å². The van der Waals surface area contributed by atoms with Gasteiger partial charge in [-0.1, -0.05) is 0 Å². The van der Waals surface area contributed by atoms with E-state index < -0.39 is 18.3 Å². The van der Waals surface area contributed by atoms with Crippen molar-refractivity contribution in [2.45, 2.75) is 31.2 Å². The van der Waals surface area contributed by atoms with Crippen LogP contribution in [0.1, 0.15) is 18.5 Å². The molecule has 4 nitrogen and oxygen atoms in total. The van der Waals surface area contributed by atoms with Gasteiger partial charge in [0.05, 0.1) is 6.04 Å². The lowest BCUT2D eigenvalue weighted by atomic mass is 10.1. The molecule has 7 heteroatoms. The number of fused-ring (bicyclic) bond motifs is 1. The van der Waals surface area contributed by atoms with E-state index in [0.717, 1.165) is 5.39 Å². The lowest BCUT2D eigenvalue weighted by molar-refractivity contribution is -0.209. The molecule has 2 aromatic rings. The lowest BCUT2D eigenvalue weighted by Gasteiger charge is -2.31. The Morgan fingerprint density at radius 3 is 2.83 bits per heavy atom. The minimum Gasteiger partial charge on any atom is -0.382 e. The quantitative estimate of drug-likeness (QED) is 0.924. The molecule has 0 spiro atoms. The van der Waals surface area contributed by atoms with Crippen molar-refractivity contribution in [2.75, 3.05) is 11.4 Å². The molecule has 23 heavy (non-hydrogen) atoms. The number of aliphatic hydroxyl groups excluding tert-OH is 1. The van der Waals surface area contributed by atoms with E-state index in [1.54, 1.807) is 29.2 Å². The van der Waals surface area contributed by atoms with Crippen molar-refractivity contribution in [3.8, 4) is 6.07 Å². The number of anilines is 1. The smallest absolute Gasteiger partial charge is 0.382 e. The van der Waals surface area contributed by atoms with Crippen molar-refractivity contribution in [1.82, 2.24) is 4.98 Å². The van der Waals surface area contributed by atoms with E-state index >= 15 is 0 Å². The maximum absolute atomic E-state index is 12.8. The first-order valence-corrected chi connectivity index (χ1v) is 7.22. The highest BCUT2D eigenvalue weighted by Gasteiger charge is 2.47. The van der Waals surface area contributed by atoms with E-state index in [1.807, 2.05) is 6.07 Å². The highest BCUT2D eigenvalue weighted by molar-refractivity contribution is 5.89. The second-order valence-electron chi connectivity index (χ2n) is 5.57. The van der Waals surface area contributed by atoms with E-state index in [1.165, 1.54) is 6.20 Å². The van der Waals surface area contributed by atoms with E-state index in [4.69, 9.17) is 5.26 Å². The molecule has 1 aliphatic rings. The van der Waals surface area contributed by atoms with Crippen LogP contribution in [-0.2, 0) is 0 Å². The second kappa shape index (κ2) is 5.70. The molecule has 0 amide bonds. The number of hydrogen-bond donors (Lipinski definition) is 1. The first-order chi connectivity index (χ1) is 10.9. The standard InChI is InChI=1S/C16H14F3N3O/c17-16(18,19)15(23)14-2-1-7-22(14)11-3-4-12-10(8-11)5-6-21-13(12)9-20/h3-6,8,14-15,23H,1-2,7H2/t14-,15?/m0/s1. The fourth-order valence-corrected chi connectivity index (χ4v) is 3.09. The summed E-state index contributed by atoms with van der Waals surface area (Å²) < 4.78 is 38.5. The Hall–Kier alpha value is -2.33. The third kappa shape index (κ3) is 2.82. The summed E-state index contributed by atoms with van der Waals surface area (Å²) in [7, 11) is 0. The average Bonchev–Trinajstić information content (AvgIpc) is 3.01. The molecule has 0 bridgehead atoms. The number of nitriles is 1. The normalized spacial score (nSPS) is 19.8. The number of aromatic nitrogens is 1. The minimum absolute atomic E-state index is 0.280. The number of hydrogen-bond acceptors (Lipinski definition) is 4. The third-order valence-corrected chi connectivity index (χ3v) is 4.18. The third-order valence-electron chi connectivity index (χ3n) is 4.18. The fourth-order valence-electron chi connectivity index (χ4n) is 3.09. The molecule has 1 saturated heterocycles. The number of rotatable bonds is 2. The fraction of sp³-hybridized carbons (Fsp3) is 0.375. The van der Waals surface area contributed by atoms with Crippen LogP contribution in [0.3, 0.4) is 0 Å². The first kappa shape index (κ1) is 15.6. The zero-order chi connectivity index (χ0) is 16.6. The molecule has 1 unspecified atom stereocenters. The minimum atomic E-state index is -4.64. The molecule has 1 fully saturated rings. The van der Waals surface area contributed by atoms with Gasteiger partial charge in [0, 0.05) is 23.8 Å². The Kier molecular flexibility index (Phi) is 3.86. The molecular weight excluding hydrogens is 307 g/mol. The first-order valence-electron chi connectivity index (χ1n) is 7.22. The van der Waals surface area contributed by atoms with Gasteiger partial charge in [-0.3, -0.25) is 0 Å². The molecule has 0 radical (unpaired) electrons. The van der Waals surface area contributed by atoms with Crippen molar-refractivity contribution in [2.24, 2.45) is 0 Å². The molecule has 1 aromatic heterocycles. The summed E-state index contributed by atoms with van der Waals surface area (Å²) in [6.07, 6.45) is -4.62. The van der Waals surface area contributed by atoms with Crippen LogP contribution in [0.5, 0.6) is 0 Å². The molecule has 3 rings (SSSR count). The zero-order valence-corrected chi connectivity index (χ0v) is 12.1. The largest absolute Gasteiger partial charge is 0.416 e. The zero-order valence-electron chi connectivity index (χ0n) is 12.1. The van der Waals surface area contributed by atoms with Crippen LogP contribution in [0.2, 0.25) is 0 Å². The number of aliphatic hydroxyl groups is 1. The second-order valence-corrected chi connectivity index (χ2v) is 5.57. The van der Waals surface area contributed by atoms with E-state index in [2.05, 4.69) is 4.98 Å². The summed E-state index contributed by atoms with van der Waals surface area (Å²) in [6.45, 7) is 0.458. The van der Waals surface area contributed by atoms with Crippen molar-refractivity contribution in [1.29, 1.82) is 5.26 Å². The predicted molar refractivity (Wildman–Crippen MR) is 78.9 cm³/mol. The summed E-state index contributed by atoms with van der Waals surface area (Å²) >= 11 is 0. The van der Waals surface area contributed by atoms with Gasteiger partial charge in [-0.15, -0.1) is 0 Å². The number of nitrogens with zero attached hydrogens (tertiary/aromatic N) is 3. The van der Waals surface area contributed by atoms with Crippen LogP contribution in [0, 0.1) is 11.3 Å². The van der Waals surface area contributed by atoms with E-state index in [-0.39, 0.29) is 5.69 Å². The Balaban J connectivity index is 1.98. The van der Waals surface area contributed by atoms with Gasteiger partial charge < -0.3 is 10.0 Å². The van der Waals surface area contributed by atoms with Crippen LogP contribution in [0.25, 0.3) is 10.8 Å². The molecule has 1 aliphatic heterocycles. The van der Waals surface area contributed by atoms with Crippen LogP contribution < -0.4 is 4.90 Å². The van der Waals surface area contributed by atoms with Crippen LogP contribution in [-0.4, -0.2) is 35.0 Å². The molecule has 1 aromatic carbocycles. The Morgan fingerprint density at radius 2 is 2.13 bits per heavy atom. The molecule has 2 heterocycles. The van der Waals surface area contributed by atoms with Crippen molar-refractivity contribution in [3.63, 3.8) is 0 Å². The highest BCUT2D eigenvalue weighted by Crippen LogP contribution is 2.35. The van der Waals surface area contributed by atoms with E-state index in [9.17, 15) is 18.3 Å². The predicted octanol–water partition coefficient (Wildman–Crippen LogP) is 3.00. The van der Waals surface area contributed by atoms with Gasteiger partial charge in [-0.25, -0.2) is 4.98 Å². The van der Waals surface area contributed by atoms with Crippen molar-refractivity contribution >= 4 is 16.5 Å². The maximum Gasteiger partial charge on any atom is 0.416 e. The number of halogens is 3. The summed E-state index contributed by atoms with van der Waals surface area (Å²) in [5.74, 6) is 0. The summed E-state index contributed by atoms with van der Waals surface area (Å²) in [4.78, 5) is 5.55. The van der Waals surface area contributed by atoms with Crippen molar-refractivity contribution in [3.05, 3.63) is 36.2 Å². The lowest BCUT2D eigenvalue weighted by Crippen LogP contribution is -2.47. The summed E-state index contributed by atoms with van der Waals surface area (Å²) in [5, 5.41) is 20.0. The van der Waals surface area contributed by atoms with Crippen LogP contribution in [0.4, 0.5) is 18.9 Å². The van der Waals surface area contributed by atoms with Gasteiger partial charge in [0.15, 0.2) is 6.10 Å². The van der Waals surface area contributed by atoms with Crippen molar-refractivity contribution < 1.29 is 18.3 Å². The molecule has 0 aliphatic carbocycles. The summed E-state index contributed by atoms with van der Waals surface area (Å²) in [6, 6.07) is 7.82. The number of benzene rings is 1. The van der Waals surface area contributed by atoms with Gasteiger partial charge >= 0.3 is 6.18 Å². The SMILES string of the molecule is N#Cc1nccc2cc(N3CCC[C@H]3C(O)C(F)(F)F)ccc12. The molecule has 120 valence electrons. The Morgan fingerprint density at radius 1 is 1.35 bits per heavy atom. The molecule has 2 atom stereocenters. The van der Waals surface area contributed by atoms with Crippen LogP contribution >= 0.6 is 0 Å². The van der Waals surface area contributed by atoms with E-state index in [0.29, 0.717) is 30.5 Å². The number of alkyl halides is 3. The van der Waals surface area contributed by atoms with Gasteiger partial charge in [0.1, 0.15) is 11.8 Å². The number of pyridine rings is 1.